The predicted molar refractivity (Wildman–Crippen MR) is 170 cm³/mol. The molecule has 0 aliphatic rings. The third-order valence-electron chi connectivity index (χ3n) is 6.36. The van der Waals surface area contributed by atoms with Gasteiger partial charge in [0.15, 0.2) is 11.6 Å². The third kappa shape index (κ3) is 12.2. The highest BCUT2D eigenvalue weighted by Gasteiger charge is 2.27. The number of esters is 1. The first-order chi connectivity index (χ1) is 20.6. The topological polar surface area (TPSA) is 162 Å². The number of rotatable bonds is 21. The Morgan fingerprint density at radius 2 is 1.88 bits per heavy atom. The van der Waals surface area contributed by atoms with Crippen LogP contribution in [0.25, 0.3) is 0 Å². The standard InChI is InChI=1S/C29H48N7O6P/c1-8-10-24(17-40-7)36(5)43(35-21(4)28(38)42-20(2)3)18-23-12-9-11-22(15-23)16-31-27-25(32-19-37)26(30)33-29(34-27)41-14-13-39-6/h9,11-12,15,19-21,24,35H,8,10,13-14,16-18H2,1-7H3,(H,32,37)(H3,30,31,33,34). The van der Waals surface area contributed by atoms with E-state index < -0.39 is 14.3 Å². The number of nitrogens with one attached hydrogen (secondary N) is 3. The van der Waals surface area contributed by atoms with Gasteiger partial charge in [-0.2, -0.15) is 9.97 Å². The molecule has 0 aliphatic carbocycles. The number of carbonyl (C=O) groups is 2. The van der Waals surface area contributed by atoms with Gasteiger partial charge in [-0.05, 0) is 45.4 Å². The number of hydrogen-bond donors (Lipinski definition) is 4. The van der Waals surface area contributed by atoms with Crippen molar-refractivity contribution in [3.05, 3.63) is 35.4 Å². The van der Waals surface area contributed by atoms with Crippen LogP contribution in [0, 0.1) is 0 Å². The van der Waals surface area contributed by atoms with Crippen molar-refractivity contribution >= 4 is 37.9 Å². The summed E-state index contributed by atoms with van der Waals surface area (Å²) >= 11 is 0. The van der Waals surface area contributed by atoms with Crippen LogP contribution >= 0.6 is 8.22 Å². The van der Waals surface area contributed by atoms with Gasteiger partial charge in [-0.25, -0.2) is 0 Å². The smallest absolute Gasteiger partial charge is 0.323 e. The molecule has 1 aromatic heterocycles. The molecule has 2 rings (SSSR count). The molecule has 0 saturated heterocycles. The highest BCUT2D eigenvalue weighted by Crippen LogP contribution is 2.42. The summed E-state index contributed by atoms with van der Waals surface area (Å²) in [6, 6.07) is 7.96. The van der Waals surface area contributed by atoms with Crippen molar-refractivity contribution in [3.63, 3.8) is 0 Å². The van der Waals surface area contributed by atoms with Crippen LogP contribution in [0.3, 0.4) is 0 Å². The van der Waals surface area contributed by atoms with Gasteiger partial charge in [0.1, 0.15) is 18.3 Å². The summed E-state index contributed by atoms with van der Waals surface area (Å²) < 4.78 is 23.8. The first-order valence-electron chi connectivity index (χ1n) is 14.4. The van der Waals surface area contributed by atoms with Crippen molar-refractivity contribution in [2.45, 2.75) is 71.4 Å². The molecule has 0 bridgehead atoms. The Morgan fingerprint density at radius 1 is 1.14 bits per heavy atom. The molecule has 0 fully saturated rings. The summed E-state index contributed by atoms with van der Waals surface area (Å²) in [4.78, 5) is 32.4. The average molecular weight is 622 g/mol. The van der Waals surface area contributed by atoms with Gasteiger partial charge in [0, 0.05) is 41.2 Å². The maximum absolute atomic E-state index is 12.7. The third-order valence-corrected chi connectivity index (χ3v) is 8.80. The maximum atomic E-state index is 12.7. The summed E-state index contributed by atoms with van der Waals surface area (Å²) in [6.45, 7) is 9.29. The molecule has 1 heterocycles. The number of benzene rings is 1. The highest BCUT2D eigenvalue weighted by atomic mass is 31.1. The van der Waals surface area contributed by atoms with Gasteiger partial charge in [-0.1, -0.05) is 37.6 Å². The van der Waals surface area contributed by atoms with E-state index in [1.54, 1.807) is 14.2 Å². The van der Waals surface area contributed by atoms with Crippen molar-refractivity contribution in [2.75, 3.05) is 57.5 Å². The molecule has 0 saturated carbocycles. The number of hydrogen-bond acceptors (Lipinski definition) is 12. The number of nitrogens with two attached hydrogens (primary N) is 1. The summed E-state index contributed by atoms with van der Waals surface area (Å²) in [5.74, 6) is 0.135. The van der Waals surface area contributed by atoms with Gasteiger partial charge in [-0.3, -0.25) is 19.3 Å². The number of methoxy groups -OCH3 is 2. The Labute approximate surface area is 256 Å². The van der Waals surface area contributed by atoms with E-state index in [1.165, 1.54) is 0 Å². The number of carbonyl (C=O) groups excluding carboxylic acids is 2. The van der Waals surface area contributed by atoms with E-state index in [1.807, 2.05) is 32.9 Å². The summed E-state index contributed by atoms with van der Waals surface area (Å²) in [6.07, 6.45) is 3.01. The monoisotopic (exact) mass is 621 g/mol. The first-order valence-corrected chi connectivity index (χ1v) is 15.9. The van der Waals surface area contributed by atoms with Crippen LogP contribution in [0.5, 0.6) is 6.01 Å². The van der Waals surface area contributed by atoms with E-state index in [4.69, 9.17) is 24.7 Å². The maximum Gasteiger partial charge on any atom is 0.323 e. The minimum atomic E-state index is -0.980. The molecule has 1 amide bonds. The predicted octanol–water partition coefficient (Wildman–Crippen LogP) is 3.75. The lowest BCUT2D eigenvalue weighted by Crippen LogP contribution is -2.40. The van der Waals surface area contributed by atoms with Crippen LogP contribution in [0.1, 0.15) is 51.7 Å². The zero-order valence-corrected chi connectivity index (χ0v) is 27.3. The number of nitrogen functional groups attached to an aromatic ring is 1. The van der Waals surface area contributed by atoms with Crippen LogP contribution in [-0.2, 0) is 36.5 Å². The Morgan fingerprint density at radius 3 is 2.53 bits per heavy atom. The molecule has 14 heteroatoms. The lowest BCUT2D eigenvalue weighted by atomic mass is 10.1. The van der Waals surface area contributed by atoms with Gasteiger partial charge in [0.2, 0.25) is 6.41 Å². The zero-order valence-electron chi connectivity index (χ0n) is 26.4. The van der Waals surface area contributed by atoms with Gasteiger partial charge >= 0.3 is 12.0 Å². The second-order valence-corrected chi connectivity index (χ2v) is 12.3. The zero-order chi connectivity index (χ0) is 31.8. The molecule has 3 atom stereocenters. The van der Waals surface area contributed by atoms with E-state index in [9.17, 15) is 9.59 Å². The Bertz CT molecular complexity index is 1140. The van der Waals surface area contributed by atoms with Gasteiger partial charge < -0.3 is 35.3 Å². The summed E-state index contributed by atoms with van der Waals surface area (Å²) in [5.41, 5.74) is 8.42. The molecule has 5 N–H and O–H groups in total. The molecular weight excluding hydrogens is 573 g/mol. The number of nitrogens with zero attached hydrogens (tertiary/aromatic N) is 3. The fourth-order valence-corrected chi connectivity index (χ4v) is 6.39. The molecule has 0 radical (unpaired) electrons. The van der Waals surface area contributed by atoms with Gasteiger partial charge in [0.05, 0.1) is 19.3 Å². The van der Waals surface area contributed by atoms with Crippen LogP contribution in [0.2, 0.25) is 0 Å². The van der Waals surface area contributed by atoms with E-state index in [0.29, 0.717) is 38.1 Å². The normalized spacial score (nSPS) is 13.4. The minimum Gasteiger partial charge on any atom is -0.462 e. The molecule has 43 heavy (non-hydrogen) atoms. The number of likely N-dealkylation sites (N-methyl/N-ethyl adjacent to an activating group) is 1. The second-order valence-electron chi connectivity index (χ2n) is 10.3. The second kappa shape index (κ2) is 19.2. The molecule has 0 aliphatic heterocycles. The van der Waals surface area contributed by atoms with E-state index >= 15 is 0 Å². The van der Waals surface area contributed by atoms with Crippen LogP contribution in [-0.4, -0.2) is 86.3 Å². The largest absolute Gasteiger partial charge is 0.462 e. The van der Waals surface area contributed by atoms with Gasteiger partial charge in [0.25, 0.3) is 0 Å². The van der Waals surface area contributed by atoms with E-state index in [2.05, 4.69) is 56.5 Å². The molecular formula is C29H48N7O6P. The molecule has 3 unspecified atom stereocenters. The molecule has 1 aromatic carbocycles. The lowest BCUT2D eigenvalue weighted by Gasteiger charge is -2.36. The Balaban J connectivity index is 2.27. The SMILES string of the molecule is CCCC(COC)N(C)P(Cc1cccc(CNc2nc(OCCOC)nc(N)c2NC=O)c1)NC(C)C(=O)OC(C)C. The van der Waals surface area contributed by atoms with Crippen LogP contribution in [0.15, 0.2) is 24.3 Å². The summed E-state index contributed by atoms with van der Waals surface area (Å²) in [5, 5.41) is 9.36. The number of aromatic nitrogens is 2. The molecule has 13 nitrogen and oxygen atoms in total. The van der Waals surface area contributed by atoms with Gasteiger partial charge in [-0.15, -0.1) is 0 Å². The number of ether oxygens (including phenoxy) is 4. The molecule has 240 valence electrons. The Hall–Kier alpha value is -3.09. The number of amides is 1. The minimum absolute atomic E-state index is 0.0739. The number of anilines is 3. The van der Waals surface area contributed by atoms with Crippen molar-refractivity contribution < 1.29 is 28.5 Å². The quantitative estimate of drug-likeness (QED) is 0.0692. The summed E-state index contributed by atoms with van der Waals surface area (Å²) in [7, 11) is 4.38. The van der Waals surface area contributed by atoms with Crippen molar-refractivity contribution in [2.24, 2.45) is 0 Å². The van der Waals surface area contributed by atoms with E-state index in [0.717, 1.165) is 24.0 Å². The highest BCUT2D eigenvalue weighted by molar-refractivity contribution is 7.52. The lowest BCUT2D eigenvalue weighted by molar-refractivity contribution is -0.148. The first kappa shape index (κ1) is 36.1. The van der Waals surface area contributed by atoms with Crippen LogP contribution < -0.4 is 26.2 Å². The average Bonchev–Trinajstić information content (AvgIpc) is 2.96. The van der Waals surface area contributed by atoms with Crippen molar-refractivity contribution in [1.29, 1.82) is 0 Å². The fourth-order valence-electron chi connectivity index (χ4n) is 4.22. The Kier molecular flexibility index (Phi) is 16.2. The van der Waals surface area contributed by atoms with Crippen molar-refractivity contribution in [1.82, 2.24) is 19.7 Å². The molecule has 0 spiro atoms. The fraction of sp³-hybridized carbons (Fsp3) is 0.586. The van der Waals surface area contributed by atoms with E-state index in [-0.39, 0.29) is 42.2 Å². The van der Waals surface area contributed by atoms with Crippen molar-refractivity contribution in [3.8, 4) is 6.01 Å². The molecule has 2 aromatic rings. The van der Waals surface area contributed by atoms with Crippen LogP contribution in [0.4, 0.5) is 17.3 Å².